The van der Waals surface area contributed by atoms with Crippen LogP contribution in [0.3, 0.4) is 0 Å². The molecule has 0 aliphatic carbocycles. The number of hydrogen-bond donors (Lipinski definition) is 1. The molecule has 0 fully saturated rings. The Hall–Kier alpha value is -3.20. The quantitative estimate of drug-likeness (QED) is 0.525. The van der Waals surface area contributed by atoms with Gasteiger partial charge in [0.05, 0.1) is 29.8 Å². The van der Waals surface area contributed by atoms with Gasteiger partial charge >= 0.3 is 5.97 Å². The maximum atomic E-state index is 12.3. The summed E-state index contributed by atoms with van der Waals surface area (Å²) in [6, 6.07) is 16.0. The minimum absolute atomic E-state index is 0.0860. The molecule has 1 N–H and O–H groups in total. The lowest BCUT2D eigenvalue weighted by Gasteiger charge is -2.09. The second-order valence-corrected chi connectivity index (χ2v) is 6.03. The Labute approximate surface area is 153 Å². The molecule has 0 spiro atoms. The predicted molar refractivity (Wildman–Crippen MR) is 96.3 cm³/mol. The summed E-state index contributed by atoms with van der Waals surface area (Å²) in [5.74, 6) is -0.710. The number of hydrogen-bond acceptors (Lipinski definition) is 7. The zero-order chi connectivity index (χ0) is 18.4. The third-order valence-corrected chi connectivity index (χ3v) is 4.30. The lowest BCUT2D eigenvalue weighted by Crippen LogP contribution is -2.17. The third kappa shape index (κ3) is 4.06. The van der Waals surface area contributed by atoms with Crippen LogP contribution < -0.4 is 5.32 Å². The molecule has 132 valence electrons. The van der Waals surface area contributed by atoms with Crippen molar-refractivity contribution in [3.05, 3.63) is 60.2 Å². The lowest BCUT2D eigenvalue weighted by atomic mass is 10.2. The van der Waals surface area contributed by atoms with Crippen molar-refractivity contribution in [1.82, 2.24) is 20.2 Å². The van der Waals surface area contributed by atoms with Crippen molar-refractivity contribution in [3.8, 4) is 5.69 Å². The largest absolute Gasteiger partial charge is 0.465 e. The van der Waals surface area contributed by atoms with Gasteiger partial charge in [0, 0.05) is 0 Å². The van der Waals surface area contributed by atoms with Gasteiger partial charge in [-0.25, -0.2) is 4.79 Å². The molecule has 0 saturated heterocycles. The van der Waals surface area contributed by atoms with Crippen LogP contribution >= 0.6 is 11.8 Å². The average molecular weight is 369 g/mol. The first kappa shape index (κ1) is 17.6. The van der Waals surface area contributed by atoms with Crippen LogP contribution in [0.2, 0.25) is 0 Å². The molecule has 0 saturated carbocycles. The van der Waals surface area contributed by atoms with Crippen molar-refractivity contribution in [3.63, 3.8) is 0 Å². The SMILES string of the molecule is COC(=O)c1ccccc1NC(=O)CSc1nnnn1-c1ccccc1. The Kier molecular flexibility index (Phi) is 5.59. The van der Waals surface area contributed by atoms with E-state index in [1.54, 1.807) is 28.9 Å². The van der Waals surface area contributed by atoms with Gasteiger partial charge in [0.25, 0.3) is 0 Å². The van der Waals surface area contributed by atoms with E-state index in [9.17, 15) is 9.59 Å². The molecular weight excluding hydrogens is 354 g/mol. The number of anilines is 1. The number of carbonyl (C=O) groups is 2. The molecule has 8 nitrogen and oxygen atoms in total. The summed E-state index contributed by atoms with van der Waals surface area (Å²) in [7, 11) is 1.29. The molecule has 1 aromatic heterocycles. The van der Waals surface area contributed by atoms with Crippen molar-refractivity contribution in [2.75, 3.05) is 18.2 Å². The summed E-state index contributed by atoms with van der Waals surface area (Å²) in [4.78, 5) is 24.0. The van der Waals surface area contributed by atoms with E-state index in [4.69, 9.17) is 4.74 Å². The summed E-state index contributed by atoms with van der Waals surface area (Å²) >= 11 is 1.19. The number of methoxy groups -OCH3 is 1. The second-order valence-electron chi connectivity index (χ2n) is 5.08. The first-order valence-electron chi connectivity index (χ1n) is 7.63. The molecule has 9 heteroatoms. The van der Waals surface area contributed by atoms with Crippen LogP contribution in [-0.4, -0.2) is 44.9 Å². The lowest BCUT2D eigenvalue weighted by molar-refractivity contribution is -0.113. The molecule has 0 bridgehead atoms. The van der Waals surface area contributed by atoms with Gasteiger partial charge in [-0.1, -0.05) is 42.1 Å². The highest BCUT2D eigenvalue weighted by atomic mass is 32.2. The Morgan fingerprint density at radius 1 is 1.12 bits per heavy atom. The average Bonchev–Trinajstić information content (AvgIpc) is 3.15. The summed E-state index contributed by atoms with van der Waals surface area (Å²) in [5, 5.41) is 14.7. The molecule has 26 heavy (non-hydrogen) atoms. The van der Waals surface area contributed by atoms with E-state index in [0.29, 0.717) is 16.4 Å². The summed E-state index contributed by atoms with van der Waals surface area (Å²) in [6.45, 7) is 0. The van der Waals surface area contributed by atoms with E-state index >= 15 is 0 Å². The number of ether oxygens (including phenoxy) is 1. The van der Waals surface area contributed by atoms with E-state index < -0.39 is 5.97 Å². The number of benzene rings is 2. The monoisotopic (exact) mass is 369 g/mol. The number of para-hydroxylation sites is 2. The van der Waals surface area contributed by atoms with Crippen LogP contribution in [0.5, 0.6) is 0 Å². The number of tetrazole rings is 1. The fourth-order valence-corrected chi connectivity index (χ4v) is 2.89. The standard InChI is InChI=1S/C17H15N5O3S/c1-25-16(24)13-9-5-6-10-14(13)18-15(23)11-26-17-19-20-21-22(17)12-7-3-2-4-8-12/h2-10H,11H2,1H3,(H,18,23). The van der Waals surface area contributed by atoms with Crippen LogP contribution in [0.4, 0.5) is 5.69 Å². The number of thioether (sulfide) groups is 1. The molecule has 0 atom stereocenters. The van der Waals surface area contributed by atoms with Gasteiger partial charge in [-0.3, -0.25) is 4.79 Å². The van der Waals surface area contributed by atoms with E-state index in [-0.39, 0.29) is 11.7 Å². The summed E-state index contributed by atoms with van der Waals surface area (Å²) < 4.78 is 6.27. The minimum Gasteiger partial charge on any atom is -0.465 e. The van der Waals surface area contributed by atoms with Crippen LogP contribution in [-0.2, 0) is 9.53 Å². The highest BCUT2D eigenvalue weighted by molar-refractivity contribution is 7.99. The van der Waals surface area contributed by atoms with Crippen molar-refractivity contribution in [1.29, 1.82) is 0 Å². The molecule has 3 rings (SSSR count). The Morgan fingerprint density at radius 2 is 1.85 bits per heavy atom. The van der Waals surface area contributed by atoms with Crippen LogP contribution in [0, 0.1) is 0 Å². The molecule has 3 aromatic rings. The third-order valence-electron chi connectivity index (χ3n) is 3.38. The van der Waals surface area contributed by atoms with Gasteiger partial charge in [-0.05, 0) is 34.7 Å². The van der Waals surface area contributed by atoms with Gasteiger partial charge in [-0.2, -0.15) is 4.68 Å². The van der Waals surface area contributed by atoms with Crippen LogP contribution in [0.1, 0.15) is 10.4 Å². The zero-order valence-electron chi connectivity index (χ0n) is 13.8. The smallest absolute Gasteiger partial charge is 0.339 e. The van der Waals surface area contributed by atoms with Gasteiger partial charge in [0.2, 0.25) is 11.1 Å². The number of carbonyl (C=O) groups excluding carboxylic acids is 2. The van der Waals surface area contributed by atoms with Gasteiger partial charge in [0.1, 0.15) is 0 Å². The highest BCUT2D eigenvalue weighted by Gasteiger charge is 2.15. The van der Waals surface area contributed by atoms with Crippen molar-refractivity contribution in [2.45, 2.75) is 5.16 Å². The fraction of sp³-hybridized carbons (Fsp3) is 0.118. The Balaban J connectivity index is 1.66. The van der Waals surface area contributed by atoms with Gasteiger partial charge in [-0.15, -0.1) is 5.10 Å². The van der Waals surface area contributed by atoms with E-state index in [0.717, 1.165) is 5.69 Å². The summed E-state index contributed by atoms with van der Waals surface area (Å²) in [6.07, 6.45) is 0. The number of rotatable bonds is 6. The van der Waals surface area contributed by atoms with Gasteiger partial charge < -0.3 is 10.1 Å². The maximum absolute atomic E-state index is 12.3. The predicted octanol–water partition coefficient (Wildman–Crippen LogP) is 2.18. The summed E-state index contributed by atoms with van der Waals surface area (Å²) in [5.41, 5.74) is 1.49. The van der Waals surface area contributed by atoms with E-state index in [1.807, 2.05) is 30.3 Å². The molecule has 0 aliphatic rings. The Bertz CT molecular complexity index is 914. The number of nitrogens with zero attached hydrogens (tertiary/aromatic N) is 4. The molecule has 2 aromatic carbocycles. The molecule has 1 heterocycles. The van der Waals surface area contributed by atoms with Crippen LogP contribution in [0.15, 0.2) is 59.8 Å². The van der Waals surface area contributed by atoms with Crippen molar-refractivity contribution < 1.29 is 14.3 Å². The number of esters is 1. The van der Waals surface area contributed by atoms with E-state index in [1.165, 1.54) is 18.9 Å². The van der Waals surface area contributed by atoms with Crippen molar-refractivity contribution in [2.24, 2.45) is 0 Å². The fourth-order valence-electron chi connectivity index (χ4n) is 2.20. The molecule has 1 amide bonds. The van der Waals surface area contributed by atoms with Crippen LogP contribution in [0.25, 0.3) is 5.69 Å². The van der Waals surface area contributed by atoms with E-state index in [2.05, 4.69) is 20.8 Å². The normalized spacial score (nSPS) is 10.3. The highest BCUT2D eigenvalue weighted by Crippen LogP contribution is 2.20. The molecular formula is C17H15N5O3S. The Morgan fingerprint density at radius 3 is 2.62 bits per heavy atom. The second kappa shape index (κ2) is 8.26. The first-order valence-corrected chi connectivity index (χ1v) is 8.61. The first-order chi connectivity index (χ1) is 12.7. The zero-order valence-corrected chi connectivity index (χ0v) is 14.6. The molecule has 0 unspecified atom stereocenters. The number of amides is 1. The van der Waals surface area contributed by atoms with Gasteiger partial charge in [0.15, 0.2) is 0 Å². The number of aromatic nitrogens is 4. The maximum Gasteiger partial charge on any atom is 0.339 e. The topological polar surface area (TPSA) is 99.0 Å². The van der Waals surface area contributed by atoms with Crippen molar-refractivity contribution >= 4 is 29.3 Å². The molecule has 0 radical (unpaired) electrons. The molecule has 0 aliphatic heterocycles. The minimum atomic E-state index is -0.512. The number of nitrogens with one attached hydrogen (secondary N) is 1.